The maximum atomic E-state index is 11.2. The molecule has 0 aliphatic carbocycles. The van der Waals surface area contributed by atoms with Crippen LogP contribution in [-0.2, 0) is 0 Å². The molecule has 0 spiro atoms. The second-order valence-electron chi connectivity index (χ2n) is 4.20. The van der Waals surface area contributed by atoms with E-state index in [1.54, 1.807) is 18.2 Å². The maximum Gasteiger partial charge on any atom is 0.339 e. The average Bonchev–Trinajstić information content (AvgIpc) is 2.48. The van der Waals surface area contributed by atoms with E-state index in [1.807, 2.05) is 0 Å². The van der Waals surface area contributed by atoms with Crippen molar-refractivity contribution in [2.75, 3.05) is 25.3 Å². The van der Waals surface area contributed by atoms with Crippen molar-refractivity contribution in [2.24, 2.45) is 0 Å². The molecule has 0 saturated heterocycles. The highest BCUT2D eigenvalue weighted by Gasteiger charge is 2.13. The molecule has 2 rings (SSSR count). The number of carboxylic acids is 1. The molecule has 1 heterocycles. The molecule has 2 aromatic rings. The molecule has 7 heteroatoms. The van der Waals surface area contributed by atoms with Gasteiger partial charge in [0.15, 0.2) is 0 Å². The summed E-state index contributed by atoms with van der Waals surface area (Å²) in [6.45, 7) is 0. The maximum absolute atomic E-state index is 11.2. The van der Waals surface area contributed by atoms with Crippen LogP contribution in [-0.4, -0.2) is 30.3 Å². The van der Waals surface area contributed by atoms with Gasteiger partial charge in [-0.25, -0.2) is 9.78 Å². The Morgan fingerprint density at radius 2 is 1.81 bits per heavy atom. The van der Waals surface area contributed by atoms with Crippen LogP contribution in [0.2, 0.25) is 0 Å². The van der Waals surface area contributed by atoms with Crippen molar-refractivity contribution in [3.05, 3.63) is 36.0 Å². The summed E-state index contributed by atoms with van der Waals surface area (Å²) in [5.74, 6) is 0.215. The minimum Gasteiger partial charge on any atom is -0.497 e. The Morgan fingerprint density at radius 3 is 2.33 bits per heavy atom. The number of nitrogen functional groups attached to an aromatic ring is 1. The Hall–Kier alpha value is -2.96. The number of nitrogens with one attached hydrogen (secondary N) is 1. The number of nitrogens with zero attached hydrogens (tertiary/aromatic N) is 1. The van der Waals surface area contributed by atoms with Gasteiger partial charge in [-0.1, -0.05) is 0 Å². The lowest BCUT2D eigenvalue weighted by molar-refractivity contribution is 0.0697. The molecule has 4 N–H and O–H groups in total. The second-order valence-corrected chi connectivity index (χ2v) is 4.20. The fraction of sp³-hybridized carbons (Fsp3) is 0.143. The van der Waals surface area contributed by atoms with Gasteiger partial charge in [0.1, 0.15) is 22.9 Å². The summed E-state index contributed by atoms with van der Waals surface area (Å²) >= 11 is 0. The third-order valence-electron chi connectivity index (χ3n) is 2.75. The summed E-state index contributed by atoms with van der Waals surface area (Å²) in [5.41, 5.74) is 6.41. The zero-order chi connectivity index (χ0) is 15.4. The van der Waals surface area contributed by atoms with E-state index in [1.165, 1.54) is 26.5 Å². The van der Waals surface area contributed by atoms with Crippen LogP contribution >= 0.6 is 0 Å². The van der Waals surface area contributed by atoms with Crippen molar-refractivity contribution in [1.29, 1.82) is 0 Å². The van der Waals surface area contributed by atoms with Gasteiger partial charge < -0.3 is 25.6 Å². The van der Waals surface area contributed by atoms with Crippen molar-refractivity contribution in [3.8, 4) is 11.5 Å². The number of aromatic carboxylic acids is 1. The normalized spacial score (nSPS) is 10.0. The molecule has 0 saturated carbocycles. The summed E-state index contributed by atoms with van der Waals surface area (Å²) in [4.78, 5) is 15.2. The van der Waals surface area contributed by atoms with Gasteiger partial charge in [0.25, 0.3) is 0 Å². The molecule has 0 aliphatic rings. The Labute approximate surface area is 121 Å². The zero-order valence-corrected chi connectivity index (χ0v) is 11.6. The van der Waals surface area contributed by atoms with Crippen LogP contribution in [0.1, 0.15) is 10.4 Å². The van der Waals surface area contributed by atoms with E-state index in [0.717, 1.165) is 0 Å². The molecule has 21 heavy (non-hydrogen) atoms. The number of hydrogen-bond acceptors (Lipinski definition) is 6. The summed E-state index contributed by atoms with van der Waals surface area (Å²) < 4.78 is 10.3. The summed E-state index contributed by atoms with van der Waals surface area (Å²) in [6.07, 6.45) is 1.38. The fourth-order valence-corrected chi connectivity index (χ4v) is 1.76. The van der Waals surface area contributed by atoms with Gasteiger partial charge in [0.05, 0.1) is 26.1 Å². The molecule has 110 valence electrons. The van der Waals surface area contributed by atoms with Crippen molar-refractivity contribution in [2.45, 2.75) is 0 Å². The van der Waals surface area contributed by atoms with Gasteiger partial charge in [-0.05, 0) is 6.07 Å². The summed E-state index contributed by atoms with van der Waals surface area (Å²) in [7, 11) is 3.06. The quantitative estimate of drug-likeness (QED) is 0.773. The van der Waals surface area contributed by atoms with Crippen LogP contribution in [0.3, 0.4) is 0 Å². The van der Waals surface area contributed by atoms with Gasteiger partial charge >= 0.3 is 5.97 Å². The number of pyridine rings is 1. The number of benzene rings is 1. The van der Waals surface area contributed by atoms with E-state index in [2.05, 4.69) is 10.3 Å². The summed E-state index contributed by atoms with van der Waals surface area (Å²) in [5, 5.41) is 12.1. The Morgan fingerprint density at radius 1 is 1.19 bits per heavy atom. The molecule has 7 nitrogen and oxygen atoms in total. The predicted molar refractivity (Wildman–Crippen MR) is 78.4 cm³/mol. The van der Waals surface area contributed by atoms with Crippen LogP contribution in [0.25, 0.3) is 0 Å². The molecule has 1 aromatic heterocycles. The lowest BCUT2D eigenvalue weighted by Gasteiger charge is -2.12. The fourth-order valence-electron chi connectivity index (χ4n) is 1.76. The van der Waals surface area contributed by atoms with Crippen LogP contribution in [0.4, 0.5) is 17.2 Å². The highest BCUT2D eigenvalue weighted by molar-refractivity contribution is 5.95. The van der Waals surface area contributed by atoms with Crippen molar-refractivity contribution < 1.29 is 19.4 Å². The highest BCUT2D eigenvalue weighted by Crippen LogP contribution is 2.28. The molecule has 0 bridgehead atoms. The lowest BCUT2D eigenvalue weighted by atomic mass is 10.2. The molecule has 1 aromatic carbocycles. The van der Waals surface area contributed by atoms with Gasteiger partial charge in [0.2, 0.25) is 0 Å². The molecule has 0 unspecified atom stereocenters. The van der Waals surface area contributed by atoms with E-state index < -0.39 is 5.97 Å². The van der Waals surface area contributed by atoms with Crippen LogP contribution in [0.5, 0.6) is 11.5 Å². The van der Waals surface area contributed by atoms with Gasteiger partial charge in [-0.2, -0.15) is 0 Å². The average molecular weight is 289 g/mol. The van der Waals surface area contributed by atoms with Crippen molar-refractivity contribution in [3.63, 3.8) is 0 Å². The number of ether oxygens (including phenoxy) is 2. The number of carboxylic acid groups (broad SMARTS) is 1. The number of aromatic nitrogens is 1. The Kier molecular flexibility index (Phi) is 4.13. The number of methoxy groups -OCH3 is 2. The van der Waals surface area contributed by atoms with E-state index in [4.69, 9.17) is 15.2 Å². The monoisotopic (exact) mass is 289 g/mol. The summed E-state index contributed by atoms with van der Waals surface area (Å²) in [6, 6.07) is 6.45. The first-order valence-electron chi connectivity index (χ1n) is 6.02. The molecule has 0 atom stereocenters. The first kappa shape index (κ1) is 14.4. The minimum atomic E-state index is -1.12. The second kappa shape index (κ2) is 6.00. The van der Waals surface area contributed by atoms with Gasteiger partial charge in [0, 0.05) is 23.9 Å². The van der Waals surface area contributed by atoms with Crippen LogP contribution < -0.4 is 20.5 Å². The molecule has 0 aliphatic heterocycles. The topological polar surface area (TPSA) is 107 Å². The number of nitrogens with two attached hydrogens (primary N) is 1. The molecule has 0 amide bonds. The number of anilines is 3. The van der Waals surface area contributed by atoms with Crippen molar-refractivity contribution in [1.82, 2.24) is 4.98 Å². The lowest BCUT2D eigenvalue weighted by Crippen LogP contribution is -2.06. The third-order valence-corrected chi connectivity index (χ3v) is 2.75. The number of carbonyl (C=O) groups is 1. The molecule has 0 radical (unpaired) electrons. The van der Waals surface area contributed by atoms with Crippen molar-refractivity contribution >= 4 is 23.2 Å². The highest BCUT2D eigenvalue weighted by atomic mass is 16.5. The smallest absolute Gasteiger partial charge is 0.339 e. The number of hydrogen-bond donors (Lipinski definition) is 3. The third kappa shape index (κ3) is 3.33. The van der Waals surface area contributed by atoms with Gasteiger partial charge in [-0.3, -0.25) is 0 Å². The number of rotatable bonds is 5. The van der Waals surface area contributed by atoms with E-state index in [0.29, 0.717) is 17.2 Å². The molecule has 0 fully saturated rings. The van der Waals surface area contributed by atoms with Crippen LogP contribution in [0.15, 0.2) is 30.5 Å². The van der Waals surface area contributed by atoms with E-state index >= 15 is 0 Å². The first-order chi connectivity index (χ1) is 10.0. The first-order valence-corrected chi connectivity index (χ1v) is 6.02. The zero-order valence-electron chi connectivity index (χ0n) is 11.6. The largest absolute Gasteiger partial charge is 0.497 e. The van der Waals surface area contributed by atoms with Crippen LogP contribution in [0, 0.1) is 0 Å². The van der Waals surface area contributed by atoms with E-state index in [9.17, 15) is 9.90 Å². The predicted octanol–water partition coefficient (Wildman–Crippen LogP) is 2.12. The van der Waals surface area contributed by atoms with E-state index in [-0.39, 0.29) is 17.1 Å². The Balaban J connectivity index is 2.40. The molecular formula is C14H15N3O4. The standard InChI is InChI=1S/C14H15N3O4/c1-20-10-4-9(5-11(6-10)21-2)17-13-12(14(18)19)3-8(15)7-16-13/h3-7H,15H2,1-2H3,(H,16,17)(H,18,19). The minimum absolute atomic E-state index is 0.0169. The molecular weight excluding hydrogens is 274 g/mol. The SMILES string of the molecule is COc1cc(Nc2ncc(N)cc2C(=O)O)cc(OC)c1. The van der Waals surface area contributed by atoms with Gasteiger partial charge in [-0.15, -0.1) is 0 Å². The Bertz CT molecular complexity index is 651.